The molecule has 4 rings (SSSR count). The summed E-state index contributed by atoms with van der Waals surface area (Å²) in [5.41, 5.74) is 2.19. The fourth-order valence-corrected chi connectivity index (χ4v) is 3.47. The molecule has 2 aromatic carbocycles. The molecule has 140 valence electrons. The summed E-state index contributed by atoms with van der Waals surface area (Å²) in [4.78, 5) is 28.5. The number of nitrogens with zero attached hydrogens (tertiary/aromatic N) is 2. The van der Waals surface area contributed by atoms with Crippen LogP contribution in [-0.4, -0.2) is 44.2 Å². The summed E-state index contributed by atoms with van der Waals surface area (Å²) in [7, 11) is 0. The van der Waals surface area contributed by atoms with Gasteiger partial charge in [0.15, 0.2) is 0 Å². The highest BCUT2D eigenvalue weighted by molar-refractivity contribution is 6.23. The maximum Gasteiger partial charge on any atom is 0.256 e. The van der Waals surface area contributed by atoms with Crippen LogP contribution in [0.4, 0.5) is 21.5 Å². The van der Waals surface area contributed by atoms with Crippen molar-refractivity contribution in [1.29, 1.82) is 0 Å². The van der Waals surface area contributed by atoms with Gasteiger partial charge in [0.05, 0.1) is 36.7 Å². The number of hydrogen-bond acceptors (Lipinski definition) is 5. The molecule has 2 fully saturated rings. The van der Waals surface area contributed by atoms with Gasteiger partial charge in [-0.25, -0.2) is 9.29 Å². The number of nitrogens with one attached hydrogen (secondary N) is 1. The number of carbonyl (C=O) groups excluding carboxylic acids is 2. The standard InChI is InChI=1S/C20H20FN3O3/c21-14-5-7-15(8-6-14)24-19(25)13-17(20(24)26)22-16-3-1-2-4-18(16)23-9-11-27-12-10-23/h1-8,17,22H,9-13H2/t17-/m0/s1. The fraction of sp³-hybridized carbons (Fsp3) is 0.300. The minimum absolute atomic E-state index is 0.0631. The first-order valence-corrected chi connectivity index (χ1v) is 8.94. The Balaban J connectivity index is 1.54. The third-order valence-electron chi connectivity index (χ3n) is 4.82. The van der Waals surface area contributed by atoms with Gasteiger partial charge >= 0.3 is 0 Å². The van der Waals surface area contributed by atoms with Gasteiger partial charge in [-0.1, -0.05) is 12.1 Å². The van der Waals surface area contributed by atoms with Crippen molar-refractivity contribution in [2.24, 2.45) is 0 Å². The molecule has 0 spiro atoms. The van der Waals surface area contributed by atoms with Crippen LogP contribution in [0, 0.1) is 5.82 Å². The first-order chi connectivity index (χ1) is 13.1. The second-order valence-electron chi connectivity index (χ2n) is 6.56. The van der Waals surface area contributed by atoms with Crippen molar-refractivity contribution in [3.63, 3.8) is 0 Å². The zero-order chi connectivity index (χ0) is 18.8. The average Bonchev–Trinajstić information content (AvgIpc) is 2.97. The zero-order valence-electron chi connectivity index (χ0n) is 14.7. The Labute approximate surface area is 156 Å². The molecule has 0 bridgehead atoms. The molecule has 0 radical (unpaired) electrons. The van der Waals surface area contributed by atoms with Crippen LogP contribution >= 0.6 is 0 Å². The van der Waals surface area contributed by atoms with E-state index >= 15 is 0 Å². The Hall–Kier alpha value is -2.93. The Kier molecular flexibility index (Phi) is 4.77. The number of carbonyl (C=O) groups is 2. The molecule has 2 heterocycles. The largest absolute Gasteiger partial charge is 0.378 e. The molecular formula is C20H20FN3O3. The predicted molar refractivity (Wildman–Crippen MR) is 100 cm³/mol. The number of amides is 2. The Bertz CT molecular complexity index is 850. The molecule has 2 amide bonds. The van der Waals surface area contributed by atoms with Gasteiger partial charge < -0.3 is 15.0 Å². The van der Waals surface area contributed by atoms with Crippen LogP contribution in [0.2, 0.25) is 0 Å². The van der Waals surface area contributed by atoms with E-state index in [2.05, 4.69) is 10.2 Å². The molecule has 1 atom stereocenters. The third kappa shape index (κ3) is 3.50. The molecule has 1 N–H and O–H groups in total. The molecule has 0 saturated carbocycles. The quantitative estimate of drug-likeness (QED) is 0.839. The maximum atomic E-state index is 13.1. The Morgan fingerprint density at radius 3 is 2.44 bits per heavy atom. The summed E-state index contributed by atoms with van der Waals surface area (Å²) < 4.78 is 18.5. The Morgan fingerprint density at radius 1 is 1.00 bits per heavy atom. The van der Waals surface area contributed by atoms with Crippen molar-refractivity contribution >= 4 is 28.9 Å². The lowest BCUT2D eigenvalue weighted by molar-refractivity contribution is -0.121. The van der Waals surface area contributed by atoms with E-state index in [9.17, 15) is 14.0 Å². The molecule has 2 saturated heterocycles. The van der Waals surface area contributed by atoms with Gasteiger partial charge in [0, 0.05) is 13.1 Å². The van der Waals surface area contributed by atoms with E-state index in [-0.39, 0.29) is 18.2 Å². The highest BCUT2D eigenvalue weighted by Crippen LogP contribution is 2.30. The molecule has 2 aliphatic heterocycles. The normalized spacial score (nSPS) is 20.3. The van der Waals surface area contributed by atoms with Crippen LogP contribution in [-0.2, 0) is 14.3 Å². The number of imide groups is 1. The van der Waals surface area contributed by atoms with Gasteiger partial charge in [0.2, 0.25) is 5.91 Å². The first-order valence-electron chi connectivity index (χ1n) is 8.94. The third-order valence-corrected chi connectivity index (χ3v) is 4.82. The molecular weight excluding hydrogens is 349 g/mol. The lowest BCUT2D eigenvalue weighted by Gasteiger charge is -2.31. The van der Waals surface area contributed by atoms with Gasteiger partial charge in [0.1, 0.15) is 11.9 Å². The number of benzene rings is 2. The van der Waals surface area contributed by atoms with Crippen molar-refractivity contribution in [3.8, 4) is 0 Å². The van der Waals surface area contributed by atoms with E-state index in [1.807, 2.05) is 24.3 Å². The smallest absolute Gasteiger partial charge is 0.256 e. The van der Waals surface area contributed by atoms with E-state index in [0.717, 1.165) is 29.4 Å². The molecule has 2 aliphatic rings. The molecule has 0 aromatic heterocycles. The number of para-hydroxylation sites is 2. The topological polar surface area (TPSA) is 61.9 Å². The number of hydrogen-bond donors (Lipinski definition) is 1. The summed E-state index contributed by atoms with van der Waals surface area (Å²) in [6, 6.07) is 12.5. The summed E-state index contributed by atoms with van der Waals surface area (Å²) in [6.07, 6.45) is 0.0631. The van der Waals surface area contributed by atoms with E-state index in [4.69, 9.17) is 4.74 Å². The number of anilines is 3. The predicted octanol–water partition coefficient (Wildman–Crippen LogP) is 2.41. The van der Waals surface area contributed by atoms with Gasteiger partial charge in [-0.3, -0.25) is 9.59 Å². The van der Waals surface area contributed by atoms with E-state index in [0.29, 0.717) is 18.9 Å². The molecule has 6 nitrogen and oxygen atoms in total. The highest BCUT2D eigenvalue weighted by Gasteiger charge is 2.40. The molecule has 27 heavy (non-hydrogen) atoms. The summed E-state index contributed by atoms with van der Waals surface area (Å²) >= 11 is 0. The summed E-state index contributed by atoms with van der Waals surface area (Å²) in [5, 5.41) is 3.23. The summed E-state index contributed by atoms with van der Waals surface area (Å²) in [6.45, 7) is 2.87. The fourth-order valence-electron chi connectivity index (χ4n) is 3.47. The first kappa shape index (κ1) is 17.5. The molecule has 0 aliphatic carbocycles. The number of halogens is 1. The van der Waals surface area contributed by atoms with E-state index < -0.39 is 11.9 Å². The molecule has 0 unspecified atom stereocenters. The monoisotopic (exact) mass is 369 g/mol. The van der Waals surface area contributed by atoms with Crippen molar-refractivity contribution < 1.29 is 18.7 Å². The number of rotatable bonds is 4. The Morgan fingerprint density at radius 2 is 1.70 bits per heavy atom. The van der Waals surface area contributed by atoms with Crippen molar-refractivity contribution in [1.82, 2.24) is 0 Å². The van der Waals surface area contributed by atoms with Gasteiger partial charge in [-0.05, 0) is 36.4 Å². The van der Waals surface area contributed by atoms with Crippen LogP contribution < -0.4 is 15.1 Å². The number of morpholine rings is 1. The number of ether oxygens (including phenoxy) is 1. The van der Waals surface area contributed by atoms with Crippen LogP contribution in [0.1, 0.15) is 6.42 Å². The molecule has 7 heteroatoms. The van der Waals surface area contributed by atoms with Crippen molar-refractivity contribution in [3.05, 3.63) is 54.3 Å². The van der Waals surface area contributed by atoms with Gasteiger partial charge in [-0.2, -0.15) is 0 Å². The van der Waals surface area contributed by atoms with Crippen LogP contribution in [0.5, 0.6) is 0 Å². The molecule has 2 aromatic rings. The zero-order valence-corrected chi connectivity index (χ0v) is 14.7. The van der Waals surface area contributed by atoms with Crippen LogP contribution in [0.15, 0.2) is 48.5 Å². The van der Waals surface area contributed by atoms with Gasteiger partial charge in [-0.15, -0.1) is 0 Å². The second kappa shape index (κ2) is 7.36. The summed E-state index contributed by atoms with van der Waals surface area (Å²) in [5.74, 6) is -1.04. The second-order valence-corrected chi connectivity index (χ2v) is 6.56. The van der Waals surface area contributed by atoms with Crippen molar-refractivity contribution in [2.45, 2.75) is 12.5 Å². The lowest BCUT2D eigenvalue weighted by atomic mass is 10.2. The highest BCUT2D eigenvalue weighted by atomic mass is 19.1. The van der Waals surface area contributed by atoms with Crippen molar-refractivity contribution in [2.75, 3.05) is 41.4 Å². The lowest BCUT2D eigenvalue weighted by Crippen LogP contribution is -2.38. The van der Waals surface area contributed by atoms with Crippen LogP contribution in [0.3, 0.4) is 0 Å². The maximum absolute atomic E-state index is 13.1. The van der Waals surface area contributed by atoms with Crippen LogP contribution in [0.25, 0.3) is 0 Å². The average molecular weight is 369 g/mol. The minimum atomic E-state index is -0.648. The van der Waals surface area contributed by atoms with E-state index in [1.54, 1.807) is 0 Å². The van der Waals surface area contributed by atoms with Gasteiger partial charge in [0.25, 0.3) is 5.91 Å². The van der Waals surface area contributed by atoms with E-state index in [1.165, 1.54) is 24.3 Å². The SMILES string of the molecule is O=C1C[C@H](Nc2ccccc2N2CCOCC2)C(=O)N1c1ccc(F)cc1. The minimum Gasteiger partial charge on any atom is -0.378 e.